The lowest BCUT2D eigenvalue weighted by Crippen LogP contribution is -2.31. The summed E-state index contributed by atoms with van der Waals surface area (Å²) >= 11 is 3.94. The van der Waals surface area contributed by atoms with Gasteiger partial charge in [0, 0.05) is 5.92 Å². The van der Waals surface area contributed by atoms with Gasteiger partial charge in [-0.25, -0.2) is 0 Å². The number of alkyl halides is 1. The third-order valence-electron chi connectivity index (χ3n) is 3.89. The Hall–Kier alpha value is -1.34. The molecule has 0 heterocycles. The summed E-state index contributed by atoms with van der Waals surface area (Å²) in [5, 5.41) is 0. The van der Waals surface area contributed by atoms with E-state index in [4.69, 9.17) is 0 Å². The largest absolute Gasteiger partial charge is 0.0941 e. The van der Waals surface area contributed by atoms with Crippen LogP contribution >= 0.6 is 15.9 Å². The van der Waals surface area contributed by atoms with Gasteiger partial charge < -0.3 is 0 Å². The fourth-order valence-corrected chi connectivity index (χ4v) is 4.00. The second-order valence-electron chi connectivity index (χ2n) is 4.72. The molecule has 0 N–H and O–H groups in total. The molecule has 82 valence electrons. The van der Waals surface area contributed by atoms with Crippen LogP contribution in [0.25, 0.3) is 0 Å². The number of rotatable bonds is 0. The Kier molecular flexibility index (Phi) is 1.77. The molecule has 2 bridgehead atoms. The molecule has 5 rings (SSSR count). The maximum absolute atomic E-state index is 3.94. The number of halogens is 1. The first-order valence-electron chi connectivity index (χ1n) is 5.88. The molecule has 0 spiro atoms. The standard InChI is InChI=1S/C16H11Br/c17-16-10-9-11(12-5-1-3-7-14(12)16)13-6-2-4-8-15(13)16/h1-11H. The van der Waals surface area contributed by atoms with Gasteiger partial charge in [-0.2, -0.15) is 0 Å². The van der Waals surface area contributed by atoms with Crippen LogP contribution in [0.2, 0.25) is 0 Å². The van der Waals surface area contributed by atoms with Crippen molar-refractivity contribution < 1.29 is 0 Å². The van der Waals surface area contributed by atoms with Crippen LogP contribution in [0.1, 0.15) is 28.2 Å². The number of allylic oxidation sites excluding steroid dienone is 2. The molecule has 0 aliphatic heterocycles. The molecule has 2 aromatic rings. The van der Waals surface area contributed by atoms with E-state index in [-0.39, 0.29) is 4.32 Å². The summed E-state index contributed by atoms with van der Waals surface area (Å²) in [6, 6.07) is 17.5. The van der Waals surface area contributed by atoms with Crippen LogP contribution in [-0.2, 0) is 4.32 Å². The first-order chi connectivity index (χ1) is 8.31. The maximum atomic E-state index is 3.94. The number of benzene rings is 2. The molecule has 0 saturated carbocycles. The van der Waals surface area contributed by atoms with Crippen molar-refractivity contribution in [2.45, 2.75) is 10.2 Å². The second-order valence-corrected chi connectivity index (χ2v) is 5.97. The average molecular weight is 283 g/mol. The normalized spacial score (nSPS) is 27.7. The van der Waals surface area contributed by atoms with Crippen molar-refractivity contribution in [3.8, 4) is 0 Å². The summed E-state index contributed by atoms with van der Waals surface area (Å²) < 4.78 is -0.116. The predicted molar refractivity (Wildman–Crippen MR) is 73.6 cm³/mol. The molecular formula is C16H11Br. The monoisotopic (exact) mass is 282 g/mol. The minimum absolute atomic E-state index is 0.116. The fourth-order valence-electron chi connectivity index (χ4n) is 3.13. The Morgan fingerprint density at radius 1 is 0.824 bits per heavy atom. The summed E-state index contributed by atoms with van der Waals surface area (Å²) in [6.07, 6.45) is 4.61. The van der Waals surface area contributed by atoms with Crippen LogP contribution in [0.15, 0.2) is 60.7 Å². The topological polar surface area (TPSA) is 0 Å². The van der Waals surface area contributed by atoms with Crippen molar-refractivity contribution in [2.75, 3.05) is 0 Å². The first-order valence-corrected chi connectivity index (χ1v) is 6.67. The third-order valence-corrected chi connectivity index (χ3v) is 5.01. The molecule has 0 fully saturated rings. The van der Waals surface area contributed by atoms with Crippen molar-refractivity contribution >= 4 is 15.9 Å². The van der Waals surface area contributed by atoms with Crippen molar-refractivity contribution in [2.24, 2.45) is 0 Å². The van der Waals surface area contributed by atoms with Crippen molar-refractivity contribution in [1.29, 1.82) is 0 Å². The molecule has 0 nitrogen and oxygen atoms in total. The van der Waals surface area contributed by atoms with Crippen LogP contribution < -0.4 is 0 Å². The van der Waals surface area contributed by atoms with Gasteiger partial charge in [0.15, 0.2) is 0 Å². The highest BCUT2D eigenvalue weighted by molar-refractivity contribution is 9.10. The summed E-state index contributed by atoms with van der Waals surface area (Å²) in [6.45, 7) is 0. The molecular weight excluding hydrogens is 272 g/mol. The van der Waals surface area contributed by atoms with Gasteiger partial charge in [-0.05, 0) is 22.3 Å². The van der Waals surface area contributed by atoms with E-state index in [0.29, 0.717) is 5.92 Å². The lowest BCUT2D eigenvalue weighted by atomic mass is 9.68. The maximum Gasteiger partial charge on any atom is 0.0941 e. The Bertz CT molecular complexity index is 592. The van der Waals surface area contributed by atoms with Crippen molar-refractivity contribution in [3.63, 3.8) is 0 Å². The zero-order chi connectivity index (χ0) is 11.5. The second kappa shape index (κ2) is 3.11. The minimum atomic E-state index is -0.116. The summed E-state index contributed by atoms with van der Waals surface area (Å²) in [5.74, 6) is 0.432. The van der Waals surface area contributed by atoms with Gasteiger partial charge in [0.1, 0.15) is 0 Å². The smallest absolute Gasteiger partial charge is 0.0746 e. The van der Waals surface area contributed by atoms with Gasteiger partial charge in [0.2, 0.25) is 0 Å². The molecule has 0 radical (unpaired) electrons. The molecule has 0 saturated heterocycles. The summed E-state index contributed by atoms with van der Waals surface area (Å²) in [4.78, 5) is 0. The quantitative estimate of drug-likeness (QED) is 0.498. The lowest BCUT2D eigenvalue weighted by Gasteiger charge is -2.41. The van der Waals surface area contributed by atoms with E-state index in [2.05, 4.69) is 76.6 Å². The average Bonchev–Trinajstić information content (AvgIpc) is 2.40. The molecule has 0 aromatic heterocycles. The lowest BCUT2D eigenvalue weighted by molar-refractivity contribution is 0.779. The molecule has 0 atom stereocenters. The van der Waals surface area contributed by atoms with E-state index >= 15 is 0 Å². The van der Waals surface area contributed by atoms with Gasteiger partial charge in [-0.1, -0.05) is 76.6 Å². The fraction of sp³-hybridized carbons (Fsp3) is 0.125. The molecule has 1 heteroatoms. The highest BCUT2D eigenvalue weighted by Gasteiger charge is 2.42. The van der Waals surface area contributed by atoms with E-state index in [1.165, 1.54) is 22.3 Å². The molecule has 0 unspecified atom stereocenters. The number of hydrogen-bond acceptors (Lipinski definition) is 0. The number of hydrogen-bond donors (Lipinski definition) is 0. The molecule has 17 heavy (non-hydrogen) atoms. The minimum Gasteiger partial charge on any atom is -0.0746 e. The van der Waals surface area contributed by atoms with Gasteiger partial charge in [0.25, 0.3) is 0 Å². The van der Waals surface area contributed by atoms with Crippen molar-refractivity contribution in [3.05, 3.63) is 82.9 Å². The van der Waals surface area contributed by atoms with Gasteiger partial charge >= 0.3 is 0 Å². The third kappa shape index (κ3) is 1.08. The van der Waals surface area contributed by atoms with Crippen LogP contribution in [0, 0.1) is 0 Å². The SMILES string of the molecule is BrC12C=CC(c3ccccc31)c1ccccc12. The summed E-state index contributed by atoms with van der Waals surface area (Å²) in [5.41, 5.74) is 5.66. The van der Waals surface area contributed by atoms with Gasteiger partial charge in [-0.15, -0.1) is 0 Å². The predicted octanol–water partition coefficient (Wildman–Crippen LogP) is 4.34. The van der Waals surface area contributed by atoms with Crippen LogP contribution in [0.4, 0.5) is 0 Å². The highest BCUT2D eigenvalue weighted by atomic mass is 79.9. The highest BCUT2D eigenvalue weighted by Crippen LogP contribution is 2.55. The first kappa shape index (κ1) is 9.67. The zero-order valence-corrected chi connectivity index (χ0v) is 10.8. The molecule has 2 aromatic carbocycles. The Morgan fingerprint density at radius 3 is 1.94 bits per heavy atom. The zero-order valence-electron chi connectivity index (χ0n) is 9.23. The van der Waals surface area contributed by atoms with Crippen molar-refractivity contribution in [1.82, 2.24) is 0 Å². The van der Waals surface area contributed by atoms with E-state index in [0.717, 1.165) is 0 Å². The van der Waals surface area contributed by atoms with E-state index in [1.807, 2.05) is 0 Å². The molecule has 0 amide bonds. The van der Waals surface area contributed by atoms with Gasteiger partial charge in [0.05, 0.1) is 4.32 Å². The van der Waals surface area contributed by atoms with E-state index < -0.39 is 0 Å². The molecule has 3 aliphatic rings. The van der Waals surface area contributed by atoms with Crippen LogP contribution in [0.5, 0.6) is 0 Å². The van der Waals surface area contributed by atoms with Crippen LogP contribution in [-0.4, -0.2) is 0 Å². The van der Waals surface area contributed by atoms with E-state index in [1.54, 1.807) is 0 Å². The van der Waals surface area contributed by atoms with Crippen LogP contribution in [0.3, 0.4) is 0 Å². The Balaban J connectivity index is 2.13. The molecule has 3 aliphatic carbocycles. The summed E-state index contributed by atoms with van der Waals surface area (Å²) in [7, 11) is 0. The Labute approximate surface area is 109 Å². The Morgan fingerprint density at radius 2 is 1.35 bits per heavy atom. The van der Waals surface area contributed by atoms with E-state index in [9.17, 15) is 0 Å². The van der Waals surface area contributed by atoms with Gasteiger partial charge in [-0.3, -0.25) is 0 Å².